The topological polar surface area (TPSA) is 130 Å². The first-order valence-electron chi connectivity index (χ1n) is 11.5. The Bertz CT molecular complexity index is 1400. The summed E-state index contributed by atoms with van der Waals surface area (Å²) in [5, 5.41) is 15.3. The van der Waals surface area contributed by atoms with Gasteiger partial charge in [-0.15, -0.1) is 0 Å². The van der Waals surface area contributed by atoms with E-state index in [1.165, 1.54) is 13.2 Å². The SMILES string of the molecule is CC.CN=C(/C(=C\N)c1ccc(C)c(/C(CN)=N\NC=O)c1)c1c(F)c(C)c2ccccc2c1C#N. The first-order chi connectivity index (χ1) is 17.4. The maximum absolute atomic E-state index is 15.7. The molecule has 0 fully saturated rings. The number of nitrogens with zero attached hydrogens (tertiary/aromatic N) is 3. The minimum atomic E-state index is -0.526. The van der Waals surface area contributed by atoms with Crippen molar-refractivity contribution in [1.29, 1.82) is 5.26 Å². The van der Waals surface area contributed by atoms with E-state index in [2.05, 4.69) is 21.6 Å². The molecule has 0 aliphatic carbocycles. The molecule has 0 aliphatic rings. The molecule has 7 nitrogen and oxygen atoms in total. The normalized spacial score (nSPS) is 12.0. The van der Waals surface area contributed by atoms with Crippen LogP contribution in [0.25, 0.3) is 16.3 Å². The number of hydrogen-bond donors (Lipinski definition) is 3. The number of hydrogen-bond acceptors (Lipinski definition) is 6. The highest BCUT2D eigenvalue weighted by Crippen LogP contribution is 2.33. The van der Waals surface area contributed by atoms with Crippen LogP contribution in [0.2, 0.25) is 0 Å². The first-order valence-corrected chi connectivity index (χ1v) is 11.5. The molecule has 0 saturated carbocycles. The largest absolute Gasteiger partial charge is 0.404 e. The van der Waals surface area contributed by atoms with Crippen molar-refractivity contribution in [2.45, 2.75) is 27.7 Å². The molecule has 0 aliphatic heterocycles. The number of nitrogens with two attached hydrogens (primary N) is 2. The van der Waals surface area contributed by atoms with Gasteiger partial charge in [-0.05, 0) is 42.0 Å². The quantitative estimate of drug-likeness (QED) is 0.261. The second-order valence-electron chi connectivity index (χ2n) is 7.54. The van der Waals surface area contributed by atoms with Gasteiger partial charge in [-0.3, -0.25) is 9.79 Å². The molecular weight excluding hydrogens is 455 g/mol. The van der Waals surface area contributed by atoms with Crippen LogP contribution in [0.4, 0.5) is 4.39 Å². The number of hydrazone groups is 1. The van der Waals surface area contributed by atoms with Gasteiger partial charge in [0.2, 0.25) is 6.41 Å². The van der Waals surface area contributed by atoms with Gasteiger partial charge in [0.25, 0.3) is 0 Å². The molecule has 0 aromatic heterocycles. The Morgan fingerprint density at radius 3 is 2.39 bits per heavy atom. The molecule has 36 heavy (non-hydrogen) atoms. The summed E-state index contributed by atoms with van der Waals surface area (Å²) < 4.78 is 15.7. The fourth-order valence-corrected chi connectivity index (χ4v) is 4.02. The van der Waals surface area contributed by atoms with Gasteiger partial charge in [0, 0.05) is 36.3 Å². The molecule has 0 atom stereocenters. The van der Waals surface area contributed by atoms with E-state index in [-0.39, 0.29) is 23.4 Å². The van der Waals surface area contributed by atoms with Gasteiger partial charge in [-0.2, -0.15) is 10.4 Å². The van der Waals surface area contributed by atoms with Gasteiger partial charge in [-0.1, -0.05) is 50.2 Å². The molecular formula is C28H31FN6O. The zero-order chi connectivity index (χ0) is 26.8. The van der Waals surface area contributed by atoms with E-state index < -0.39 is 5.82 Å². The molecule has 3 aromatic rings. The Balaban J connectivity index is 0.00000222. The summed E-state index contributed by atoms with van der Waals surface area (Å²) in [6.45, 7) is 7.64. The molecule has 8 heteroatoms. The van der Waals surface area contributed by atoms with Crippen LogP contribution in [-0.4, -0.2) is 31.4 Å². The zero-order valence-electron chi connectivity index (χ0n) is 21.2. The van der Waals surface area contributed by atoms with Crippen LogP contribution in [0.3, 0.4) is 0 Å². The fourth-order valence-electron chi connectivity index (χ4n) is 4.02. The number of amides is 1. The highest BCUT2D eigenvalue weighted by molar-refractivity contribution is 6.33. The van der Waals surface area contributed by atoms with Gasteiger partial charge in [0.1, 0.15) is 11.9 Å². The fraction of sp³-hybridized carbons (Fsp3) is 0.214. The van der Waals surface area contributed by atoms with Crippen LogP contribution >= 0.6 is 0 Å². The van der Waals surface area contributed by atoms with Gasteiger partial charge >= 0.3 is 0 Å². The van der Waals surface area contributed by atoms with Crippen LogP contribution in [0.15, 0.2) is 58.8 Å². The van der Waals surface area contributed by atoms with Crippen LogP contribution in [0, 0.1) is 31.0 Å². The Labute approximate surface area is 211 Å². The van der Waals surface area contributed by atoms with Crippen molar-refractivity contribution < 1.29 is 9.18 Å². The number of carbonyl (C=O) groups excluding carboxylic acids is 1. The van der Waals surface area contributed by atoms with Crippen LogP contribution in [0.5, 0.6) is 0 Å². The number of aliphatic imine (C=N–C) groups is 1. The standard InChI is InChI=1S/C26H25FN6O.C2H6/c1-15-8-9-17(10-20(15)23(13-30)33-32-14-34)21(11-28)26(31-3)24-22(12-29)19-7-5-4-6-18(19)16(2)25(24)27;1-2/h4-11,14H,13,28,30H2,1-3H3,(H,32,34);1-2H3/b21-11-,31-26?,33-23-;. The third kappa shape index (κ3) is 5.32. The predicted octanol–water partition coefficient (Wildman–Crippen LogP) is 4.32. The van der Waals surface area contributed by atoms with Crippen molar-refractivity contribution in [3.8, 4) is 6.07 Å². The van der Waals surface area contributed by atoms with Crippen molar-refractivity contribution in [2.75, 3.05) is 13.6 Å². The maximum atomic E-state index is 15.7. The number of aryl methyl sites for hydroxylation is 2. The van der Waals surface area contributed by atoms with Crippen molar-refractivity contribution in [3.63, 3.8) is 0 Å². The molecule has 3 rings (SSSR count). The van der Waals surface area contributed by atoms with E-state index in [1.807, 2.05) is 32.9 Å². The van der Waals surface area contributed by atoms with Crippen molar-refractivity contribution >= 4 is 34.2 Å². The lowest BCUT2D eigenvalue weighted by Crippen LogP contribution is -2.20. The number of fused-ring (bicyclic) bond motifs is 1. The summed E-state index contributed by atoms with van der Waals surface area (Å²) >= 11 is 0. The molecule has 3 aromatic carbocycles. The second-order valence-corrected chi connectivity index (χ2v) is 7.54. The van der Waals surface area contributed by atoms with Gasteiger partial charge < -0.3 is 11.5 Å². The number of rotatable bonds is 7. The van der Waals surface area contributed by atoms with Crippen molar-refractivity contribution in [1.82, 2.24) is 5.43 Å². The van der Waals surface area contributed by atoms with Gasteiger partial charge in [0.05, 0.1) is 22.6 Å². The Kier molecular flexibility index (Phi) is 10.0. The van der Waals surface area contributed by atoms with E-state index in [0.717, 1.165) is 5.56 Å². The lowest BCUT2D eigenvalue weighted by Gasteiger charge is -2.18. The number of carbonyl (C=O) groups is 1. The predicted molar refractivity (Wildman–Crippen MR) is 145 cm³/mol. The molecule has 0 bridgehead atoms. The molecule has 0 unspecified atom stereocenters. The first kappa shape index (κ1) is 27.9. The van der Waals surface area contributed by atoms with Crippen LogP contribution in [0.1, 0.15) is 47.2 Å². The number of halogens is 1. The average molecular weight is 487 g/mol. The molecule has 0 heterocycles. The van der Waals surface area contributed by atoms with Gasteiger partial charge in [-0.25, -0.2) is 9.82 Å². The van der Waals surface area contributed by atoms with E-state index in [9.17, 15) is 10.1 Å². The molecule has 1 amide bonds. The monoisotopic (exact) mass is 486 g/mol. The zero-order valence-corrected chi connectivity index (χ0v) is 21.2. The third-order valence-electron chi connectivity index (χ3n) is 5.70. The Morgan fingerprint density at radius 1 is 1.17 bits per heavy atom. The number of allylic oxidation sites excluding steroid dienone is 1. The number of nitrogens with one attached hydrogen (secondary N) is 1. The summed E-state index contributed by atoms with van der Waals surface area (Å²) in [4.78, 5) is 15.1. The van der Waals surface area contributed by atoms with E-state index >= 15 is 4.39 Å². The molecule has 0 saturated heterocycles. The maximum Gasteiger partial charge on any atom is 0.227 e. The number of benzene rings is 3. The average Bonchev–Trinajstić information content (AvgIpc) is 2.92. The molecule has 186 valence electrons. The summed E-state index contributed by atoms with van der Waals surface area (Å²) in [6.07, 6.45) is 1.79. The highest BCUT2D eigenvalue weighted by atomic mass is 19.1. The smallest absolute Gasteiger partial charge is 0.227 e. The minimum absolute atomic E-state index is 0.0820. The van der Waals surface area contributed by atoms with Crippen molar-refractivity contribution in [2.24, 2.45) is 21.6 Å². The third-order valence-corrected chi connectivity index (χ3v) is 5.70. The summed E-state index contributed by atoms with van der Waals surface area (Å²) in [5.41, 5.74) is 18.2. The Morgan fingerprint density at radius 2 is 1.83 bits per heavy atom. The van der Waals surface area contributed by atoms with Crippen LogP contribution < -0.4 is 16.9 Å². The lowest BCUT2D eigenvalue weighted by atomic mass is 9.87. The summed E-state index contributed by atoms with van der Waals surface area (Å²) in [6, 6.07) is 14.8. The highest BCUT2D eigenvalue weighted by Gasteiger charge is 2.24. The minimum Gasteiger partial charge on any atom is -0.404 e. The summed E-state index contributed by atoms with van der Waals surface area (Å²) in [5.74, 6) is -0.526. The van der Waals surface area contributed by atoms with E-state index in [0.29, 0.717) is 45.2 Å². The van der Waals surface area contributed by atoms with E-state index in [4.69, 9.17) is 11.5 Å². The second kappa shape index (κ2) is 12.9. The van der Waals surface area contributed by atoms with E-state index in [1.54, 1.807) is 37.3 Å². The molecule has 0 spiro atoms. The van der Waals surface area contributed by atoms with Gasteiger partial charge in [0.15, 0.2) is 0 Å². The number of nitriles is 1. The van der Waals surface area contributed by atoms with Crippen molar-refractivity contribution in [3.05, 3.63) is 87.9 Å². The lowest BCUT2D eigenvalue weighted by molar-refractivity contribution is -0.109. The molecule has 5 N–H and O–H groups in total. The van der Waals surface area contributed by atoms with Crippen LogP contribution in [-0.2, 0) is 4.79 Å². The summed E-state index contributed by atoms with van der Waals surface area (Å²) in [7, 11) is 1.53. The Hall–Kier alpha value is -4.35. The molecule has 0 radical (unpaired) electrons.